The molecule has 2 N–H and O–H groups in total. The van der Waals surface area contributed by atoms with Crippen LogP contribution in [-0.4, -0.2) is 30.3 Å². The molecule has 0 saturated heterocycles. The maximum absolute atomic E-state index is 11.4. The summed E-state index contributed by atoms with van der Waals surface area (Å²) in [4.78, 5) is 14.5. The number of hydrogen-bond acceptors (Lipinski definition) is 4. The van der Waals surface area contributed by atoms with Crippen LogP contribution < -0.4 is 4.74 Å². The zero-order valence-corrected chi connectivity index (χ0v) is 10.5. The van der Waals surface area contributed by atoms with Crippen LogP contribution in [0.1, 0.15) is 17.2 Å². The number of hydrogen-bond donors (Lipinski definition) is 2. The number of aromatic amines is 1. The summed E-state index contributed by atoms with van der Waals surface area (Å²) in [5.41, 5.74) is 2.28. The normalized spacial score (nSPS) is 12.4. The standard InChI is InChI=1S/C13H15NO4/c1-7-6-14-9-5-4-8(11(15)13(16)18-3)12(17-2)10(7)9/h4-6,11,14-15H,1-3H3. The third-order valence-corrected chi connectivity index (χ3v) is 2.95. The molecule has 1 aromatic carbocycles. The summed E-state index contributed by atoms with van der Waals surface area (Å²) in [7, 11) is 2.74. The topological polar surface area (TPSA) is 71.5 Å². The highest BCUT2D eigenvalue weighted by Gasteiger charge is 2.24. The van der Waals surface area contributed by atoms with Crippen molar-refractivity contribution >= 4 is 16.9 Å². The van der Waals surface area contributed by atoms with E-state index in [4.69, 9.17) is 4.74 Å². The Balaban J connectivity index is 2.64. The van der Waals surface area contributed by atoms with Crippen molar-refractivity contribution in [3.8, 4) is 5.75 Å². The van der Waals surface area contributed by atoms with Crippen LogP contribution in [0.2, 0.25) is 0 Å². The van der Waals surface area contributed by atoms with Crippen LogP contribution in [0.25, 0.3) is 10.9 Å². The number of benzene rings is 1. The van der Waals surface area contributed by atoms with Gasteiger partial charge in [0.1, 0.15) is 5.75 Å². The molecule has 0 aliphatic carbocycles. The molecule has 0 radical (unpaired) electrons. The molecule has 5 heteroatoms. The van der Waals surface area contributed by atoms with E-state index in [1.165, 1.54) is 14.2 Å². The molecule has 0 fully saturated rings. The van der Waals surface area contributed by atoms with Crippen LogP contribution in [0.4, 0.5) is 0 Å². The maximum atomic E-state index is 11.4. The molecule has 18 heavy (non-hydrogen) atoms. The van der Waals surface area contributed by atoms with Crippen LogP contribution >= 0.6 is 0 Å². The van der Waals surface area contributed by atoms with Gasteiger partial charge >= 0.3 is 5.97 Å². The van der Waals surface area contributed by atoms with Crippen LogP contribution in [0.15, 0.2) is 18.3 Å². The number of esters is 1. The van der Waals surface area contributed by atoms with Crippen molar-refractivity contribution in [2.45, 2.75) is 13.0 Å². The molecule has 1 unspecified atom stereocenters. The molecule has 1 aromatic heterocycles. The predicted molar refractivity (Wildman–Crippen MR) is 66.6 cm³/mol. The number of carbonyl (C=O) groups excluding carboxylic acids is 1. The fourth-order valence-electron chi connectivity index (χ4n) is 2.04. The van der Waals surface area contributed by atoms with E-state index in [-0.39, 0.29) is 0 Å². The van der Waals surface area contributed by atoms with E-state index in [1.54, 1.807) is 12.1 Å². The molecule has 5 nitrogen and oxygen atoms in total. The van der Waals surface area contributed by atoms with Gasteiger partial charge in [-0.05, 0) is 24.6 Å². The van der Waals surface area contributed by atoms with Gasteiger partial charge in [-0.3, -0.25) is 0 Å². The first-order valence-corrected chi connectivity index (χ1v) is 5.50. The van der Waals surface area contributed by atoms with Crippen LogP contribution in [-0.2, 0) is 9.53 Å². The molecule has 2 rings (SSSR count). The Morgan fingerprint density at radius 1 is 1.39 bits per heavy atom. The minimum absolute atomic E-state index is 0.402. The van der Waals surface area contributed by atoms with E-state index in [2.05, 4.69) is 9.72 Å². The number of ether oxygens (including phenoxy) is 2. The predicted octanol–water partition coefficient (Wildman–Crippen LogP) is 1.69. The average molecular weight is 249 g/mol. The molecule has 96 valence electrons. The smallest absolute Gasteiger partial charge is 0.339 e. The summed E-state index contributed by atoms with van der Waals surface area (Å²) >= 11 is 0. The van der Waals surface area contributed by atoms with Crippen molar-refractivity contribution in [1.29, 1.82) is 0 Å². The summed E-state index contributed by atoms with van der Waals surface area (Å²) in [6.45, 7) is 1.93. The number of aromatic nitrogens is 1. The van der Waals surface area contributed by atoms with Crippen molar-refractivity contribution in [2.75, 3.05) is 14.2 Å². The number of fused-ring (bicyclic) bond motifs is 1. The quantitative estimate of drug-likeness (QED) is 0.812. The first-order valence-electron chi connectivity index (χ1n) is 5.50. The fraction of sp³-hybridized carbons (Fsp3) is 0.308. The molecular weight excluding hydrogens is 234 g/mol. The van der Waals surface area contributed by atoms with Crippen LogP contribution in [0.5, 0.6) is 5.75 Å². The van der Waals surface area contributed by atoms with E-state index in [1.807, 2.05) is 13.1 Å². The van der Waals surface area contributed by atoms with Crippen LogP contribution in [0, 0.1) is 6.92 Å². The number of aliphatic hydroxyl groups excluding tert-OH is 1. The number of nitrogens with one attached hydrogen (secondary N) is 1. The van der Waals surface area contributed by atoms with Gasteiger partial charge in [-0.15, -0.1) is 0 Å². The number of carbonyl (C=O) groups is 1. The van der Waals surface area contributed by atoms with E-state index < -0.39 is 12.1 Å². The average Bonchev–Trinajstić information content (AvgIpc) is 2.77. The lowest BCUT2D eigenvalue weighted by Gasteiger charge is -2.14. The lowest BCUT2D eigenvalue weighted by molar-refractivity contribution is -0.150. The van der Waals surface area contributed by atoms with Crippen molar-refractivity contribution in [1.82, 2.24) is 4.98 Å². The Hall–Kier alpha value is -2.01. The fourth-order valence-corrected chi connectivity index (χ4v) is 2.04. The molecule has 1 heterocycles. The second-order valence-electron chi connectivity index (χ2n) is 4.01. The first-order chi connectivity index (χ1) is 8.60. The summed E-state index contributed by atoms with van der Waals surface area (Å²) in [6.07, 6.45) is 0.505. The number of H-pyrrole nitrogens is 1. The summed E-state index contributed by atoms with van der Waals surface area (Å²) in [6, 6.07) is 3.45. The van der Waals surface area contributed by atoms with Gasteiger partial charge in [-0.1, -0.05) is 0 Å². The molecule has 0 aliphatic heterocycles. The molecular formula is C13H15NO4. The highest BCUT2D eigenvalue weighted by molar-refractivity contribution is 5.92. The first kappa shape index (κ1) is 12.4. The molecule has 0 amide bonds. The highest BCUT2D eigenvalue weighted by Crippen LogP contribution is 2.35. The highest BCUT2D eigenvalue weighted by atomic mass is 16.5. The molecule has 0 spiro atoms. The van der Waals surface area contributed by atoms with E-state index in [0.29, 0.717) is 11.3 Å². The second-order valence-corrected chi connectivity index (χ2v) is 4.01. The monoisotopic (exact) mass is 249 g/mol. The van der Waals surface area contributed by atoms with E-state index in [9.17, 15) is 9.90 Å². The minimum atomic E-state index is -1.34. The van der Waals surface area contributed by atoms with Gasteiger partial charge in [0, 0.05) is 22.7 Å². The largest absolute Gasteiger partial charge is 0.496 e. The minimum Gasteiger partial charge on any atom is -0.496 e. The van der Waals surface area contributed by atoms with Crippen molar-refractivity contribution in [3.63, 3.8) is 0 Å². The van der Waals surface area contributed by atoms with Crippen molar-refractivity contribution < 1.29 is 19.4 Å². The third-order valence-electron chi connectivity index (χ3n) is 2.95. The number of methoxy groups -OCH3 is 2. The Morgan fingerprint density at radius 3 is 2.72 bits per heavy atom. The number of aryl methyl sites for hydroxylation is 1. The molecule has 0 saturated carbocycles. The molecule has 1 atom stereocenters. The Bertz CT molecular complexity index is 588. The molecule has 0 bridgehead atoms. The van der Waals surface area contributed by atoms with E-state index in [0.717, 1.165) is 16.5 Å². The van der Waals surface area contributed by atoms with Gasteiger partial charge in [-0.2, -0.15) is 0 Å². The lowest BCUT2D eigenvalue weighted by Crippen LogP contribution is -2.14. The van der Waals surface area contributed by atoms with Gasteiger partial charge in [0.2, 0.25) is 0 Å². The number of rotatable bonds is 3. The van der Waals surface area contributed by atoms with Gasteiger partial charge in [0.15, 0.2) is 6.10 Å². The Morgan fingerprint density at radius 2 is 2.11 bits per heavy atom. The summed E-state index contributed by atoms with van der Waals surface area (Å²) in [5, 5.41) is 10.8. The van der Waals surface area contributed by atoms with Gasteiger partial charge in [0.25, 0.3) is 0 Å². The Kier molecular flexibility index (Phi) is 3.25. The van der Waals surface area contributed by atoms with Crippen molar-refractivity contribution in [2.24, 2.45) is 0 Å². The molecule has 2 aromatic rings. The third kappa shape index (κ3) is 1.82. The zero-order valence-electron chi connectivity index (χ0n) is 10.5. The second kappa shape index (κ2) is 4.70. The van der Waals surface area contributed by atoms with E-state index >= 15 is 0 Å². The zero-order chi connectivity index (χ0) is 13.3. The van der Waals surface area contributed by atoms with Crippen LogP contribution in [0.3, 0.4) is 0 Å². The summed E-state index contributed by atoms with van der Waals surface area (Å²) < 4.78 is 9.86. The maximum Gasteiger partial charge on any atom is 0.339 e. The van der Waals surface area contributed by atoms with Gasteiger partial charge < -0.3 is 19.6 Å². The Labute approximate surface area is 104 Å². The van der Waals surface area contributed by atoms with Gasteiger partial charge in [0.05, 0.1) is 14.2 Å². The summed E-state index contributed by atoms with van der Waals surface area (Å²) in [5.74, 6) is -0.218. The van der Waals surface area contributed by atoms with Gasteiger partial charge in [-0.25, -0.2) is 4.79 Å². The molecule has 0 aliphatic rings. The number of aliphatic hydroxyl groups is 1. The lowest BCUT2D eigenvalue weighted by atomic mass is 10.0. The SMILES string of the molecule is COC(=O)C(O)c1ccc2[nH]cc(C)c2c1OC. The van der Waals surface area contributed by atoms with Crippen molar-refractivity contribution in [3.05, 3.63) is 29.5 Å².